The fraction of sp³-hybridized carbons (Fsp3) is 1.00. The van der Waals surface area contributed by atoms with Crippen LogP contribution in [-0.2, 0) is 0 Å². The molecule has 0 aromatic heterocycles. The predicted octanol–water partition coefficient (Wildman–Crippen LogP) is 4.61. The van der Waals surface area contributed by atoms with Gasteiger partial charge in [-0.05, 0) is 0 Å². The molecule has 0 radical (unpaired) electrons. The molecule has 13 heavy (non-hydrogen) atoms. The Balaban J connectivity index is 3.89. The molecule has 0 saturated carbocycles. The minimum atomic E-state index is -2.31. The van der Waals surface area contributed by atoms with Crippen molar-refractivity contribution in [2.45, 2.75) is 72.6 Å². The van der Waals surface area contributed by atoms with Crippen molar-refractivity contribution < 1.29 is 0 Å². The summed E-state index contributed by atoms with van der Waals surface area (Å²) < 4.78 is 12.6. The summed E-state index contributed by atoms with van der Waals surface area (Å²) in [5, 5.41) is 0. The van der Waals surface area contributed by atoms with Gasteiger partial charge in [0.05, 0.1) is 0 Å². The van der Waals surface area contributed by atoms with Crippen LogP contribution in [0.25, 0.3) is 0 Å². The first kappa shape index (κ1) is 11.9. The van der Waals surface area contributed by atoms with Gasteiger partial charge in [-0.15, -0.1) is 0 Å². The standard InChI is InChI=1S/3C4H9.Sn.H/c3*1-3-4-2;;/h3*1,3-4H2,2H3;;/i;;;;1+2. The molecule has 0 spiro atoms. The number of hydrogen-bond acceptors (Lipinski definition) is 0. The summed E-state index contributed by atoms with van der Waals surface area (Å²) in [6.07, 6.45) is 7.84. The molecule has 0 amide bonds. The third-order valence-corrected chi connectivity index (χ3v) is 11.7. The van der Waals surface area contributed by atoms with Crippen molar-refractivity contribution >= 4 is 19.6 Å². The summed E-state index contributed by atoms with van der Waals surface area (Å²) in [4.78, 5) is 0. The Morgan fingerprint density at radius 2 is 1.08 bits per heavy atom. The molecule has 0 aliphatic carbocycles. The van der Waals surface area contributed by atoms with Gasteiger partial charge in [-0.25, -0.2) is 0 Å². The number of hydrogen-bond donors (Lipinski definition) is 0. The van der Waals surface area contributed by atoms with Crippen LogP contribution >= 0.6 is 0 Å². The van der Waals surface area contributed by atoms with Crippen molar-refractivity contribution in [3.05, 3.63) is 0 Å². The Morgan fingerprint density at radius 3 is 1.31 bits per heavy atom. The second-order valence-electron chi connectivity index (χ2n) is 4.06. The molecular formula is C12H28Sn. The molecule has 0 aliphatic heterocycles. The molecule has 0 unspecified atom stereocenters. The molecule has 1 heteroatoms. The SMILES string of the molecule is [3H][Sn]([CH2]CCC)([CH2]CCC)[CH2]CCC. The second-order valence-corrected chi connectivity index (χ2v) is 12.6. The Morgan fingerprint density at radius 1 is 0.769 bits per heavy atom. The predicted molar refractivity (Wildman–Crippen MR) is 66.3 cm³/mol. The van der Waals surface area contributed by atoms with Gasteiger partial charge in [0, 0.05) is 0 Å². The van der Waals surface area contributed by atoms with Gasteiger partial charge in [-0.3, -0.25) is 0 Å². The van der Waals surface area contributed by atoms with E-state index in [0.29, 0.717) is 0 Å². The summed E-state index contributed by atoms with van der Waals surface area (Å²) in [7, 11) is 0. The summed E-state index contributed by atoms with van der Waals surface area (Å²) in [5.74, 6) is 0. The van der Waals surface area contributed by atoms with Gasteiger partial charge in [0.1, 0.15) is 0 Å². The molecule has 80 valence electrons. The van der Waals surface area contributed by atoms with Crippen LogP contribution in [0.4, 0.5) is 0 Å². The van der Waals surface area contributed by atoms with Gasteiger partial charge in [0.2, 0.25) is 0 Å². The Kier molecular flexibility index (Phi) is 9.93. The van der Waals surface area contributed by atoms with E-state index in [4.69, 9.17) is 0.598 Å². The fourth-order valence-electron chi connectivity index (χ4n) is 1.66. The fourth-order valence-corrected chi connectivity index (χ4v) is 11.1. The first-order valence-corrected chi connectivity index (χ1v) is 12.2. The van der Waals surface area contributed by atoms with Gasteiger partial charge >= 0.3 is 92.8 Å². The quantitative estimate of drug-likeness (QED) is 0.544. The van der Waals surface area contributed by atoms with Crippen molar-refractivity contribution in [1.29, 1.82) is 0.598 Å². The maximum absolute atomic E-state index is 8.64. The topological polar surface area (TPSA) is 0 Å². The first-order valence-electron chi connectivity index (χ1n) is 6.68. The zero-order valence-corrected chi connectivity index (χ0v) is 12.7. The van der Waals surface area contributed by atoms with Crippen LogP contribution in [-0.4, -0.2) is 20.2 Å². The summed E-state index contributed by atoms with van der Waals surface area (Å²) in [6, 6.07) is 0. The molecule has 0 nitrogen and oxygen atoms in total. The van der Waals surface area contributed by atoms with E-state index in [1.807, 2.05) is 0 Å². The molecule has 0 fully saturated rings. The van der Waals surface area contributed by atoms with E-state index >= 15 is 0 Å². The van der Waals surface area contributed by atoms with Crippen molar-refractivity contribution in [2.24, 2.45) is 0 Å². The average Bonchev–Trinajstić information content (AvgIpc) is 2.21. The van der Waals surface area contributed by atoms with Gasteiger partial charge in [0.15, 0.2) is 0 Å². The van der Waals surface area contributed by atoms with E-state index in [1.54, 1.807) is 0 Å². The third kappa shape index (κ3) is 9.11. The van der Waals surface area contributed by atoms with Crippen molar-refractivity contribution in [3.63, 3.8) is 0 Å². The minimum absolute atomic E-state index is 1.29. The zero-order valence-electron chi connectivity index (χ0n) is 10.9. The number of rotatable bonds is 9. The maximum atomic E-state index is 8.64. The molecule has 0 aliphatic rings. The normalized spacial score (nSPS) is 13.0. The van der Waals surface area contributed by atoms with Crippen LogP contribution in [0.2, 0.25) is 13.3 Å². The zero-order chi connectivity index (χ0) is 10.9. The molecule has 0 atom stereocenters. The van der Waals surface area contributed by atoms with Crippen molar-refractivity contribution in [1.82, 2.24) is 0 Å². The molecular weight excluding hydrogens is 263 g/mol. The van der Waals surface area contributed by atoms with E-state index in [9.17, 15) is 0 Å². The van der Waals surface area contributed by atoms with Crippen LogP contribution in [0.15, 0.2) is 0 Å². The first-order chi connectivity index (χ1) is 6.68. The summed E-state index contributed by atoms with van der Waals surface area (Å²) >= 11 is -2.31. The van der Waals surface area contributed by atoms with E-state index in [2.05, 4.69) is 20.8 Å². The Bertz CT molecular complexity index is 104. The molecule has 0 N–H and O–H groups in total. The van der Waals surface area contributed by atoms with Crippen LogP contribution in [0.5, 0.6) is 0 Å². The van der Waals surface area contributed by atoms with E-state index in [1.165, 1.54) is 51.8 Å². The van der Waals surface area contributed by atoms with Crippen LogP contribution in [0.3, 0.4) is 0 Å². The van der Waals surface area contributed by atoms with Crippen LogP contribution in [0.1, 0.15) is 59.3 Å². The molecule has 0 saturated heterocycles. The van der Waals surface area contributed by atoms with Gasteiger partial charge in [-0.2, -0.15) is 0 Å². The van der Waals surface area contributed by atoms with E-state index in [-0.39, 0.29) is 0 Å². The molecule has 0 aromatic carbocycles. The molecule has 0 bridgehead atoms. The average molecular weight is 293 g/mol. The van der Waals surface area contributed by atoms with E-state index in [0.717, 1.165) is 0 Å². The Hall–Kier alpha value is 0.799. The van der Waals surface area contributed by atoms with Crippen LogP contribution < -0.4 is 0 Å². The van der Waals surface area contributed by atoms with E-state index < -0.39 is 19.6 Å². The van der Waals surface area contributed by atoms with Gasteiger partial charge < -0.3 is 0 Å². The monoisotopic (exact) mass is 294 g/mol. The summed E-state index contributed by atoms with van der Waals surface area (Å²) in [6.45, 7) is 6.77. The van der Waals surface area contributed by atoms with Gasteiger partial charge in [-0.1, -0.05) is 0 Å². The molecule has 0 heterocycles. The van der Waals surface area contributed by atoms with Crippen molar-refractivity contribution in [2.75, 3.05) is 0 Å². The third-order valence-electron chi connectivity index (χ3n) is 2.65. The Labute approximate surface area is 92.7 Å². The summed E-state index contributed by atoms with van der Waals surface area (Å²) in [5.41, 5.74) is 0. The second kappa shape index (κ2) is 10.9. The molecule has 0 aromatic rings. The molecule has 0 rings (SSSR count). The van der Waals surface area contributed by atoms with Gasteiger partial charge in [0.25, 0.3) is 0 Å². The number of unbranched alkanes of at least 4 members (excludes halogenated alkanes) is 3. The van der Waals surface area contributed by atoms with Crippen molar-refractivity contribution in [3.8, 4) is 0 Å². The van der Waals surface area contributed by atoms with Crippen LogP contribution in [0, 0.1) is 0 Å².